The minimum atomic E-state index is -3.32. The molecule has 0 aliphatic carbocycles. The molecule has 19 heavy (non-hydrogen) atoms. The first-order chi connectivity index (χ1) is 8.54. The summed E-state index contributed by atoms with van der Waals surface area (Å²) in [5.41, 5.74) is -0.284. The maximum Gasteiger partial charge on any atom is 0.251 e. The monoisotopic (exact) mass is 303 g/mol. The van der Waals surface area contributed by atoms with Crippen molar-refractivity contribution in [3.05, 3.63) is 29.8 Å². The molecule has 0 saturated carbocycles. The van der Waals surface area contributed by atoms with E-state index in [1.807, 2.05) is 13.8 Å². The molecule has 0 radical (unpaired) electrons. The zero-order chi connectivity index (χ0) is 14.8. The number of hydrogen-bond donors (Lipinski definition) is 1. The summed E-state index contributed by atoms with van der Waals surface area (Å²) in [6, 6.07) is 5.93. The van der Waals surface area contributed by atoms with Crippen molar-refractivity contribution < 1.29 is 13.2 Å². The highest BCUT2D eigenvalue weighted by atomic mass is 35.5. The van der Waals surface area contributed by atoms with Crippen molar-refractivity contribution in [1.29, 1.82) is 0 Å². The maximum atomic E-state index is 12.1. The average Bonchev–Trinajstić information content (AvgIpc) is 2.27. The van der Waals surface area contributed by atoms with Crippen LogP contribution in [0.2, 0.25) is 0 Å². The second-order valence-corrected chi connectivity index (χ2v) is 7.76. The van der Waals surface area contributed by atoms with Crippen LogP contribution in [0.3, 0.4) is 0 Å². The van der Waals surface area contributed by atoms with E-state index in [1.54, 1.807) is 19.1 Å². The van der Waals surface area contributed by atoms with Crippen LogP contribution in [0.5, 0.6) is 0 Å². The summed E-state index contributed by atoms with van der Waals surface area (Å²) in [5, 5.41) is 2.53. The molecule has 106 valence electrons. The molecular formula is C13H18ClNO3S. The van der Waals surface area contributed by atoms with Crippen molar-refractivity contribution >= 4 is 27.3 Å². The van der Waals surface area contributed by atoms with Gasteiger partial charge < -0.3 is 5.32 Å². The summed E-state index contributed by atoms with van der Waals surface area (Å²) in [4.78, 5) is 12.2. The second-order valence-electron chi connectivity index (χ2n) is 5.09. The van der Waals surface area contributed by atoms with Gasteiger partial charge in [-0.05, 0) is 39.0 Å². The molecule has 1 amide bonds. The van der Waals surface area contributed by atoms with Gasteiger partial charge in [0, 0.05) is 11.8 Å². The highest BCUT2D eigenvalue weighted by Crippen LogP contribution is 2.17. The van der Waals surface area contributed by atoms with Gasteiger partial charge in [-0.3, -0.25) is 4.79 Å². The van der Waals surface area contributed by atoms with Gasteiger partial charge in [-0.25, -0.2) is 8.42 Å². The van der Waals surface area contributed by atoms with Gasteiger partial charge in [-0.2, -0.15) is 0 Å². The SMILES string of the molecule is CC(Cl)C(C)(C)NC(=O)c1cccc(S(C)(=O)=O)c1. The third kappa shape index (κ3) is 4.21. The predicted molar refractivity (Wildman–Crippen MR) is 76.4 cm³/mol. The fourth-order valence-corrected chi connectivity index (χ4v) is 2.05. The molecule has 1 atom stereocenters. The molecule has 0 spiro atoms. The molecule has 0 aliphatic rings. The number of carbonyl (C=O) groups is 1. The lowest BCUT2D eigenvalue weighted by Crippen LogP contribution is -2.49. The van der Waals surface area contributed by atoms with Gasteiger partial charge in [0.05, 0.1) is 15.8 Å². The number of nitrogens with one attached hydrogen (secondary N) is 1. The van der Waals surface area contributed by atoms with Crippen LogP contribution in [0.1, 0.15) is 31.1 Å². The topological polar surface area (TPSA) is 63.2 Å². The standard InChI is InChI=1S/C13H18ClNO3S/c1-9(14)13(2,3)15-12(16)10-6-5-7-11(8-10)19(4,17)18/h5-9H,1-4H3,(H,15,16). The molecule has 0 bridgehead atoms. The Morgan fingerprint density at radius 3 is 2.42 bits per heavy atom. The molecule has 0 saturated heterocycles. The van der Waals surface area contributed by atoms with E-state index in [0.29, 0.717) is 5.56 Å². The summed E-state index contributed by atoms with van der Waals surface area (Å²) >= 11 is 5.99. The van der Waals surface area contributed by atoms with E-state index < -0.39 is 15.4 Å². The van der Waals surface area contributed by atoms with E-state index >= 15 is 0 Å². The third-order valence-corrected chi connectivity index (χ3v) is 4.61. The summed E-state index contributed by atoms with van der Waals surface area (Å²) in [5.74, 6) is -0.344. The van der Waals surface area contributed by atoms with Gasteiger partial charge in [0.2, 0.25) is 0 Å². The van der Waals surface area contributed by atoms with E-state index in [0.717, 1.165) is 6.26 Å². The molecule has 1 rings (SSSR count). The molecule has 0 fully saturated rings. The zero-order valence-corrected chi connectivity index (χ0v) is 13.0. The Morgan fingerprint density at radius 1 is 1.37 bits per heavy atom. The van der Waals surface area contributed by atoms with Crippen LogP contribution in [-0.4, -0.2) is 31.5 Å². The molecule has 0 aliphatic heterocycles. The van der Waals surface area contributed by atoms with E-state index in [-0.39, 0.29) is 16.2 Å². The number of alkyl halides is 1. The molecule has 0 heterocycles. The Labute approximate surface area is 119 Å². The minimum Gasteiger partial charge on any atom is -0.346 e. The van der Waals surface area contributed by atoms with Crippen LogP contribution in [-0.2, 0) is 9.84 Å². The number of amides is 1. The number of halogens is 1. The second kappa shape index (κ2) is 5.51. The van der Waals surface area contributed by atoms with E-state index in [4.69, 9.17) is 11.6 Å². The number of sulfone groups is 1. The molecule has 0 aromatic heterocycles. The molecule has 1 unspecified atom stereocenters. The van der Waals surface area contributed by atoms with Crippen molar-refractivity contribution in [2.75, 3.05) is 6.26 Å². The minimum absolute atomic E-state index is 0.122. The van der Waals surface area contributed by atoms with Gasteiger partial charge in [0.25, 0.3) is 5.91 Å². The summed E-state index contributed by atoms with van der Waals surface area (Å²) in [7, 11) is -3.32. The zero-order valence-electron chi connectivity index (χ0n) is 11.4. The van der Waals surface area contributed by atoms with Gasteiger partial charge in [-0.15, -0.1) is 11.6 Å². The number of carbonyl (C=O) groups excluding carboxylic acids is 1. The van der Waals surface area contributed by atoms with Gasteiger partial charge in [-0.1, -0.05) is 6.07 Å². The fraction of sp³-hybridized carbons (Fsp3) is 0.462. The predicted octanol–water partition coefficient (Wildman–Crippen LogP) is 2.23. The van der Waals surface area contributed by atoms with Gasteiger partial charge in [0.15, 0.2) is 9.84 Å². The Morgan fingerprint density at radius 2 is 1.95 bits per heavy atom. The molecule has 1 N–H and O–H groups in total. The molecule has 1 aromatic rings. The van der Waals surface area contributed by atoms with Crippen LogP contribution in [0, 0.1) is 0 Å². The Balaban J connectivity index is 3.02. The Hall–Kier alpha value is -1.07. The lowest BCUT2D eigenvalue weighted by atomic mass is 10.0. The normalized spacial score (nSPS) is 13.9. The van der Waals surface area contributed by atoms with Crippen molar-refractivity contribution in [3.63, 3.8) is 0 Å². The molecule has 1 aromatic carbocycles. The van der Waals surface area contributed by atoms with Crippen LogP contribution >= 0.6 is 11.6 Å². The highest BCUT2D eigenvalue weighted by molar-refractivity contribution is 7.90. The van der Waals surface area contributed by atoms with Crippen LogP contribution in [0.4, 0.5) is 0 Å². The number of hydrogen-bond acceptors (Lipinski definition) is 3. The summed E-state index contributed by atoms with van der Waals surface area (Å²) < 4.78 is 22.9. The van der Waals surface area contributed by atoms with Crippen molar-refractivity contribution in [3.8, 4) is 0 Å². The molecule has 6 heteroatoms. The first kappa shape index (κ1) is 16.0. The van der Waals surface area contributed by atoms with Crippen molar-refractivity contribution in [2.45, 2.75) is 36.6 Å². The van der Waals surface area contributed by atoms with Gasteiger partial charge >= 0.3 is 0 Å². The Bertz CT molecular complexity index is 579. The smallest absolute Gasteiger partial charge is 0.251 e. The van der Waals surface area contributed by atoms with Crippen LogP contribution < -0.4 is 5.32 Å². The third-order valence-electron chi connectivity index (χ3n) is 2.95. The first-order valence-corrected chi connectivity index (χ1v) is 8.13. The molecule has 4 nitrogen and oxygen atoms in total. The molecular weight excluding hydrogens is 286 g/mol. The van der Waals surface area contributed by atoms with Crippen molar-refractivity contribution in [1.82, 2.24) is 5.32 Å². The van der Waals surface area contributed by atoms with E-state index in [1.165, 1.54) is 12.1 Å². The van der Waals surface area contributed by atoms with Gasteiger partial charge in [0.1, 0.15) is 0 Å². The fourth-order valence-electron chi connectivity index (χ4n) is 1.33. The van der Waals surface area contributed by atoms with Crippen molar-refractivity contribution in [2.24, 2.45) is 0 Å². The van der Waals surface area contributed by atoms with Crippen LogP contribution in [0.15, 0.2) is 29.2 Å². The largest absolute Gasteiger partial charge is 0.346 e. The lowest BCUT2D eigenvalue weighted by Gasteiger charge is -2.29. The quantitative estimate of drug-likeness (QED) is 0.868. The average molecular weight is 304 g/mol. The van der Waals surface area contributed by atoms with E-state index in [2.05, 4.69) is 5.32 Å². The summed E-state index contributed by atoms with van der Waals surface area (Å²) in [6.07, 6.45) is 1.11. The highest BCUT2D eigenvalue weighted by Gasteiger charge is 2.26. The van der Waals surface area contributed by atoms with Crippen LogP contribution in [0.25, 0.3) is 0 Å². The number of rotatable bonds is 4. The first-order valence-electron chi connectivity index (χ1n) is 5.81. The van der Waals surface area contributed by atoms with E-state index in [9.17, 15) is 13.2 Å². The summed E-state index contributed by atoms with van der Waals surface area (Å²) in [6.45, 7) is 5.40. The Kier molecular flexibility index (Phi) is 4.63. The number of benzene rings is 1. The maximum absolute atomic E-state index is 12.1. The lowest BCUT2D eigenvalue weighted by molar-refractivity contribution is 0.0912.